The van der Waals surface area contributed by atoms with Gasteiger partial charge in [-0.3, -0.25) is 4.57 Å². The van der Waals surface area contributed by atoms with Crippen LogP contribution in [0.4, 0.5) is 0 Å². The van der Waals surface area contributed by atoms with Crippen LogP contribution in [0.5, 0.6) is 5.75 Å². The summed E-state index contributed by atoms with van der Waals surface area (Å²) in [6.45, 7) is 0. The van der Waals surface area contributed by atoms with Crippen molar-refractivity contribution in [3.8, 4) is 5.75 Å². The fourth-order valence-electron chi connectivity index (χ4n) is 1.27. The molecule has 0 bridgehead atoms. The highest BCUT2D eigenvalue weighted by molar-refractivity contribution is 5.78. The van der Waals surface area contributed by atoms with E-state index in [1.165, 1.54) is 25.2 Å². The van der Waals surface area contributed by atoms with Crippen LogP contribution in [0, 0.1) is 0 Å². The third-order valence-corrected chi connectivity index (χ3v) is 2.02. The fraction of sp³-hybridized carbons (Fsp3) is 0.111. The number of aromatic nitrogens is 1. The Balaban J connectivity index is 3.11. The molecular weight excluding hydrogens is 186 g/mol. The molecule has 2 rings (SSSR count). The van der Waals surface area contributed by atoms with Crippen molar-refractivity contribution in [2.45, 2.75) is 0 Å². The van der Waals surface area contributed by atoms with Gasteiger partial charge >= 0.3 is 11.4 Å². The zero-order valence-electron chi connectivity index (χ0n) is 7.35. The number of aromatic hydroxyl groups is 1. The van der Waals surface area contributed by atoms with E-state index in [-0.39, 0.29) is 11.1 Å². The van der Waals surface area contributed by atoms with Gasteiger partial charge in [0.2, 0.25) is 0 Å². The summed E-state index contributed by atoms with van der Waals surface area (Å²) >= 11 is 0. The first-order valence-corrected chi connectivity index (χ1v) is 3.92. The highest BCUT2D eigenvalue weighted by Crippen LogP contribution is 2.14. The van der Waals surface area contributed by atoms with Gasteiger partial charge in [0.25, 0.3) is 0 Å². The molecule has 0 unspecified atom stereocenters. The molecule has 14 heavy (non-hydrogen) atoms. The van der Waals surface area contributed by atoms with E-state index < -0.39 is 11.4 Å². The average molecular weight is 193 g/mol. The maximum atomic E-state index is 11.2. The fourth-order valence-corrected chi connectivity index (χ4v) is 1.27. The van der Waals surface area contributed by atoms with E-state index in [9.17, 15) is 14.7 Å². The Morgan fingerprint density at radius 2 is 2.07 bits per heavy atom. The second kappa shape index (κ2) is 2.73. The van der Waals surface area contributed by atoms with Crippen LogP contribution >= 0.6 is 0 Å². The van der Waals surface area contributed by atoms with Gasteiger partial charge < -0.3 is 9.52 Å². The Labute approximate surface area is 77.8 Å². The highest BCUT2D eigenvalue weighted by atomic mass is 16.4. The molecule has 0 spiro atoms. The minimum absolute atomic E-state index is 0.00176. The second-order valence-corrected chi connectivity index (χ2v) is 2.92. The summed E-state index contributed by atoms with van der Waals surface area (Å²) in [6.07, 6.45) is 0. The van der Waals surface area contributed by atoms with Gasteiger partial charge in [0.15, 0.2) is 0 Å². The highest BCUT2D eigenvalue weighted by Gasteiger charge is 2.06. The lowest BCUT2D eigenvalue weighted by Gasteiger charge is -2.01. The van der Waals surface area contributed by atoms with E-state index >= 15 is 0 Å². The van der Waals surface area contributed by atoms with Gasteiger partial charge in [-0.25, -0.2) is 9.59 Å². The SMILES string of the molecule is Cn1c(=O)oc(=O)c2ccc(O)cc21. The molecule has 72 valence electrons. The monoisotopic (exact) mass is 193 g/mol. The molecule has 0 saturated carbocycles. The van der Waals surface area contributed by atoms with Crippen LogP contribution in [-0.4, -0.2) is 9.67 Å². The van der Waals surface area contributed by atoms with Crippen molar-refractivity contribution in [1.29, 1.82) is 0 Å². The van der Waals surface area contributed by atoms with Gasteiger partial charge in [0.05, 0.1) is 10.9 Å². The topological polar surface area (TPSA) is 72.4 Å². The molecule has 0 fully saturated rings. The van der Waals surface area contributed by atoms with Crippen molar-refractivity contribution >= 4 is 10.9 Å². The third kappa shape index (κ3) is 1.10. The van der Waals surface area contributed by atoms with Gasteiger partial charge in [0, 0.05) is 13.1 Å². The normalized spacial score (nSPS) is 10.6. The van der Waals surface area contributed by atoms with Gasteiger partial charge in [-0.1, -0.05) is 0 Å². The molecule has 0 saturated heterocycles. The number of benzene rings is 1. The molecule has 2 aromatic rings. The zero-order chi connectivity index (χ0) is 10.3. The Morgan fingerprint density at radius 1 is 1.36 bits per heavy atom. The molecule has 5 nitrogen and oxygen atoms in total. The molecule has 5 heteroatoms. The lowest BCUT2D eigenvalue weighted by molar-refractivity contribution is 0.431. The first-order chi connectivity index (χ1) is 6.59. The predicted octanol–water partition coefficient (Wildman–Crippen LogP) is 0.197. The molecule has 0 atom stereocenters. The van der Waals surface area contributed by atoms with Crippen molar-refractivity contribution in [1.82, 2.24) is 4.57 Å². The summed E-state index contributed by atoms with van der Waals surface area (Å²) in [5.74, 6) is -0.744. The van der Waals surface area contributed by atoms with E-state index in [0.29, 0.717) is 5.52 Å². The molecule has 0 aliphatic carbocycles. The Bertz CT molecular complexity index is 608. The number of fused-ring (bicyclic) bond motifs is 1. The molecule has 0 aliphatic heterocycles. The average Bonchev–Trinajstić information content (AvgIpc) is 2.14. The molecule has 0 radical (unpaired) electrons. The summed E-state index contributed by atoms with van der Waals surface area (Å²) in [6, 6.07) is 4.12. The van der Waals surface area contributed by atoms with Gasteiger partial charge in [-0.05, 0) is 12.1 Å². The van der Waals surface area contributed by atoms with Crippen molar-refractivity contribution in [3.05, 3.63) is 39.2 Å². The van der Waals surface area contributed by atoms with Crippen molar-refractivity contribution < 1.29 is 9.52 Å². The van der Waals surface area contributed by atoms with E-state index in [0.717, 1.165) is 4.57 Å². The van der Waals surface area contributed by atoms with E-state index in [1.54, 1.807) is 0 Å². The van der Waals surface area contributed by atoms with Crippen LogP contribution in [0.2, 0.25) is 0 Å². The standard InChI is InChI=1S/C9H7NO4/c1-10-7-4-5(11)2-3-6(7)8(12)14-9(10)13/h2-4,11H,1H3. The summed E-state index contributed by atoms with van der Waals surface area (Å²) in [7, 11) is 1.47. The van der Waals surface area contributed by atoms with Crippen LogP contribution < -0.4 is 11.4 Å². The summed E-state index contributed by atoms with van der Waals surface area (Å²) < 4.78 is 5.59. The summed E-state index contributed by atoms with van der Waals surface area (Å²) in [5.41, 5.74) is -0.339. The van der Waals surface area contributed by atoms with E-state index in [2.05, 4.69) is 4.42 Å². The smallest absolute Gasteiger partial charge is 0.422 e. The number of hydrogen-bond donors (Lipinski definition) is 1. The second-order valence-electron chi connectivity index (χ2n) is 2.92. The van der Waals surface area contributed by atoms with E-state index in [4.69, 9.17) is 0 Å². The molecular formula is C9H7NO4. The number of hydrogen-bond acceptors (Lipinski definition) is 4. The van der Waals surface area contributed by atoms with Crippen LogP contribution in [0.3, 0.4) is 0 Å². The van der Waals surface area contributed by atoms with Gasteiger partial charge in [-0.2, -0.15) is 0 Å². The third-order valence-electron chi connectivity index (χ3n) is 2.02. The van der Waals surface area contributed by atoms with Gasteiger partial charge in [-0.15, -0.1) is 0 Å². The summed E-state index contributed by atoms with van der Waals surface area (Å²) in [5, 5.41) is 9.46. The molecule has 1 heterocycles. The molecule has 1 aromatic heterocycles. The minimum Gasteiger partial charge on any atom is -0.508 e. The van der Waals surface area contributed by atoms with Crippen LogP contribution in [0.25, 0.3) is 10.9 Å². The van der Waals surface area contributed by atoms with Crippen molar-refractivity contribution in [2.24, 2.45) is 7.05 Å². The first-order valence-electron chi connectivity index (χ1n) is 3.92. The quantitative estimate of drug-likeness (QED) is 0.648. The Kier molecular flexibility index (Phi) is 1.67. The van der Waals surface area contributed by atoms with Gasteiger partial charge in [0.1, 0.15) is 5.75 Å². The van der Waals surface area contributed by atoms with Crippen LogP contribution in [0.15, 0.2) is 32.2 Å². The van der Waals surface area contributed by atoms with E-state index in [1.807, 2.05) is 0 Å². The predicted molar refractivity (Wildman–Crippen MR) is 49.4 cm³/mol. The zero-order valence-corrected chi connectivity index (χ0v) is 7.35. The summed E-state index contributed by atoms with van der Waals surface area (Å²) in [4.78, 5) is 22.3. The number of rotatable bonds is 0. The maximum Gasteiger partial charge on any atom is 0.422 e. The first kappa shape index (κ1) is 8.55. The molecule has 0 amide bonds. The number of phenols is 1. The Morgan fingerprint density at radius 3 is 2.79 bits per heavy atom. The largest absolute Gasteiger partial charge is 0.508 e. The molecule has 1 aromatic carbocycles. The lowest BCUT2D eigenvalue weighted by Crippen LogP contribution is -2.22. The maximum absolute atomic E-state index is 11.2. The molecule has 0 aliphatic rings. The van der Waals surface area contributed by atoms with Crippen LogP contribution in [0.1, 0.15) is 0 Å². The minimum atomic E-state index is -0.742. The molecule has 1 N–H and O–H groups in total. The van der Waals surface area contributed by atoms with Crippen molar-refractivity contribution in [2.75, 3.05) is 0 Å². The number of phenolic OH excluding ortho intramolecular Hbond substituents is 1. The van der Waals surface area contributed by atoms with Crippen LogP contribution in [-0.2, 0) is 7.05 Å². The number of nitrogens with zero attached hydrogens (tertiary/aromatic N) is 1. The Hall–Kier alpha value is -2.04. The lowest BCUT2D eigenvalue weighted by atomic mass is 10.2. The number of aryl methyl sites for hydroxylation is 1. The van der Waals surface area contributed by atoms with Crippen molar-refractivity contribution in [3.63, 3.8) is 0 Å².